The lowest BCUT2D eigenvalue weighted by atomic mass is 10.0. The van der Waals surface area contributed by atoms with Crippen LogP contribution >= 0.6 is 12.4 Å². The van der Waals surface area contributed by atoms with Gasteiger partial charge in [-0.05, 0) is 56.7 Å². The van der Waals surface area contributed by atoms with Gasteiger partial charge >= 0.3 is 6.03 Å². The minimum absolute atomic E-state index is 0. The van der Waals surface area contributed by atoms with Crippen molar-refractivity contribution in [2.75, 3.05) is 19.6 Å². The van der Waals surface area contributed by atoms with Gasteiger partial charge in [0.25, 0.3) is 0 Å². The minimum Gasteiger partial charge on any atom is -0.354 e. The van der Waals surface area contributed by atoms with Gasteiger partial charge in [-0.1, -0.05) is 43.7 Å². The van der Waals surface area contributed by atoms with Crippen molar-refractivity contribution in [1.29, 1.82) is 0 Å². The predicted molar refractivity (Wildman–Crippen MR) is 116 cm³/mol. The highest BCUT2D eigenvalue weighted by Crippen LogP contribution is 2.11. The molecule has 4 N–H and O–H groups in total. The highest BCUT2D eigenvalue weighted by atomic mass is 35.5. The summed E-state index contributed by atoms with van der Waals surface area (Å²) < 4.78 is 0. The molecule has 3 amide bonds. The molecular formula is C21H35ClN4O2. The molecule has 6 nitrogen and oxygen atoms in total. The summed E-state index contributed by atoms with van der Waals surface area (Å²) >= 11 is 0. The maximum Gasteiger partial charge on any atom is 0.315 e. The van der Waals surface area contributed by atoms with Crippen LogP contribution in [0.2, 0.25) is 0 Å². The Morgan fingerprint density at radius 3 is 2.50 bits per heavy atom. The van der Waals surface area contributed by atoms with Gasteiger partial charge in [-0.2, -0.15) is 0 Å². The fraction of sp³-hybridized carbons (Fsp3) is 0.619. The van der Waals surface area contributed by atoms with Crippen LogP contribution in [0.4, 0.5) is 4.79 Å². The number of urea groups is 1. The second-order valence-corrected chi connectivity index (χ2v) is 7.93. The summed E-state index contributed by atoms with van der Waals surface area (Å²) in [5, 5.41) is 12.0. The molecule has 1 aliphatic heterocycles. The number of benzene rings is 1. The number of carbonyl (C=O) groups is 2. The average molecular weight is 411 g/mol. The number of hydrogen-bond acceptors (Lipinski definition) is 3. The Morgan fingerprint density at radius 1 is 1.18 bits per heavy atom. The van der Waals surface area contributed by atoms with Crippen molar-refractivity contribution >= 4 is 24.3 Å². The Balaban J connectivity index is 0.00000392. The summed E-state index contributed by atoms with van der Waals surface area (Å²) in [6, 6.07) is 7.20. The number of nitrogens with one attached hydrogen (secondary N) is 4. The van der Waals surface area contributed by atoms with Crippen LogP contribution in [0, 0.1) is 18.8 Å². The molecule has 0 saturated carbocycles. The standard InChI is InChI=1S/C21H34N4O2.ClH/c1-15(2)12-19(20(26)23-11-9-18-8-10-22-13-18)25-21(27)24-14-17-6-4-16(3)5-7-17;/h4-7,15,18-19,22H,8-14H2,1-3H3,(H,23,26)(H2,24,25,27);1H. The highest BCUT2D eigenvalue weighted by molar-refractivity contribution is 5.87. The maximum atomic E-state index is 12.5. The molecule has 0 spiro atoms. The van der Waals surface area contributed by atoms with Gasteiger partial charge in [-0.15, -0.1) is 12.4 Å². The van der Waals surface area contributed by atoms with Crippen LogP contribution in [0.5, 0.6) is 0 Å². The van der Waals surface area contributed by atoms with Gasteiger partial charge < -0.3 is 21.3 Å². The Kier molecular flexibility index (Phi) is 10.9. The zero-order chi connectivity index (χ0) is 19.6. The summed E-state index contributed by atoms with van der Waals surface area (Å²) in [5.41, 5.74) is 2.22. The minimum atomic E-state index is -0.510. The molecule has 7 heteroatoms. The Labute approximate surface area is 175 Å². The highest BCUT2D eigenvalue weighted by Gasteiger charge is 2.22. The molecule has 2 rings (SSSR count). The van der Waals surface area contributed by atoms with Crippen LogP contribution in [0.1, 0.15) is 44.2 Å². The fourth-order valence-electron chi connectivity index (χ4n) is 3.28. The molecule has 0 radical (unpaired) electrons. The smallest absolute Gasteiger partial charge is 0.315 e. The topological polar surface area (TPSA) is 82.3 Å². The summed E-state index contributed by atoms with van der Waals surface area (Å²) in [4.78, 5) is 24.8. The second kappa shape index (κ2) is 12.6. The first-order valence-corrected chi connectivity index (χ1v) is 10.0. The number of rotatable bonds is 9. The van der Waals surface area contributed by atoms with E-state index in [0.29, 0.717) is 31.3 Å². The van der Waals surface area contributed by atoms with Gasteiger partial charge in [-0.3, -0.25) is 4.79 Å². The Bertz CT molecular complexity index is 601. The lowest BCUT2D eigenvalue weighted by molar-refractivity contribution is -0.123. The molecule has 2 unspecified atom stereocenters. The van der Waals surface area contributed by atoms with Crippen LogP contribution in [0.15, 0.2) is 24.3 Å². The largest absolute Gasteiger partial charge is 0.354 e. The Morgan fingerprint density at radius 2 is 1.89 bits per heavy atom. The fourth-order valence-corrected chi connectivity index (χ4v) is 3.28. The zero-order valence-electron chi connectivity index (χ0n) is 17.2. The molecule has 2 atom stereocenters. The normalized spacial score (nSPS) is 16.9. The molecule has 0 aromatic heterocycles. The van der Waals surface area contributed by atoms with E-state index in [9.17, 15) is 9.59 Å². The Hall–Kier alpha value is -1.79. The molecule has 0 bridgehead atoms. The van der Waals surface area contributed by atoms with Gasteiger partial charge in [0, 0.05) is 13.1 Å². The van der Waals surface area contributed by atoms with E-state index in [1.165, 1.54) is 12.0 Å². The third-order valence-electron chi connectivity index (χ3n) is 4.92. The van der Waals surface area contributed by atoms with Crippen LogP contribution in [-0.2, 0) is 11.3 Å². The summed E-state index contributed by atoms with van der Waals surface area (Å²) in [6.45, 7) is 9.33. The quantitative estimate of drug-likeness (QED) is 0.505. The van der Waals surface area contributed by atoms with E-state index in [-0.39, 0.29) is 24.3 Å². The van der Waals surface area contributed by atoms with Crippen molar-refractivity contribution in [3.05, 3.63) is 35.4 Å². The molecule has 0 aliphatic carbocycles. The van der Waals surface area contributed by atoms with Crippen molar-refractivity contribution in [2.24, 2.45) is 11.8 Å². The van der Waals surface area contributed by atoms with E-state index >= 15 is 0 Å². The van der Waals surface area contributed by atoms with Gasteiger partial charge in [0.15, 0.2) is 0 Å². The predicted octanol–water partition coefficient (Wildman–Crippen LogP) is 2.75. The molecule has 1 saturated heterocycles. The molecule has 1 aliphatic rings. The van der Waals surface area contributed by atoms with E-state index < -0.39 is 6.04 Å². The van der Waals surface area contributed by atoms with Crippen LogP contribution in [0.3, 0.4) is 0 Å². The number of amides is 3. The van der Waals surface area contributed by atoms with Crippen LogP contribution in [-0.4, -0.2) is 37.6 Å². The first-order chi connectivity index (χ1) is 12.9. The van der Waals surface area contributed by atoms with Crippen molar-refractivity contribution < 1.29 is 9.59 Å². The van der Waals surface area contributed by atoms with Crippen molar-refractivity contribution in [1.82, 2.24) is 21.3 Å². The molecule has 1 aromatic rings. The first kappa shape index (κ1) is 24.2. The maximum absolute atomic E-state index is 12.5. The summed E-state index contributed by atoms with van der Waals surface area (Å²) in [6.07, 6.45) is 2.77. The van der Waals surface area contributed by atoms with Crippen molar-refractivity contribution in [2.45, 2.75) is 52.6 Å². The van der Waals surface area contributed by atoms with Crippen LogP contribution in [0.25, 0.3) is 0 Å². The van der Waals surface area contributed by atoms with Gasteiger partial charge in [0.05, 0.1) is 0 Å². The third-order valence-corrected chi connectivity index (χ3v) is 4.92. The third kappa shape index (κ3) is 8.93. The van der Waals surface area contributed by atoms with E-state index in [4.69, 9.17) is 0 Å². The number of carbonyl (C=O) groups excluding carboxylic acids is 2. The second-order valence-electron chi connectivity index (χ2n) is 7.93. The van der Waals surface area contributed by atoms with E-state index in [1.54, 1.807) is 0 Å². The van der Waals surface area contributed by atoms with Crippen molar-refractivity contribution in [3.8, 4) is 0 Å². The monoisotopic (exact) mass is 410 g/mol. The number of aryl methyl sites for hydroxylation is 1. The van der Waals surface area contributed by atoms with Gasteiger partial charge in [0.2, 0.25) is 5.91 Å². The SMILES string of the molecule is Cc1ccc(CNC(=O)NC(CC(C)C)C(=O)NCCC2CCNC2)cc1.Cl. The van der Waals surface area contributed by atoms with E-state index in [2.05, 4.69) is 35.1 Å². The first-order valence-electron chi connectivity index (χ1n) is 10.0. The lowest BCUT2D eigenvalue weighted by Crippen LogP contribution is -2.50. The number of halogens is 1. The van der Waals surface area contributed by atoms with Gasteiger partial charge in [0.1, 0.15) is 6.04 Å². The van der Waals surface area contributed by atoms with Crippen LogP contribution < -0.4 is 21.3 Å². The summed E-state index contributed by atoms with van der Waals surface area (Å²) in [7, 11) is 0. The average Bonchev–Trinajstić information content (AvgIpc) is 3.13. The molecule has 158 valence electrons. The molecule has 1 aromatic carbocycles. The summed E-state index contributed by atoms with van der Waals surface area (Å²) in [5.74, 6) is 0.858. The van der Waals surface area contributed by atoms with Crippen molar-refractivity contribution in [3.63, 3.8) is 0 Å². The zero-order valence-corrected chi connectivity index (χ0v) is 18.0. The number of hydrogen-bond donors (Lipinski definition) is 4. The molecule has 1 heterocycles. The van der Waals surface area contributed by atoms with Gasteiger partial charge in [-0.25, -0.2) is 4.79 Å². The van der Waals surface area contributed by atoms with E-state index in [0.717, 1.165) is 25.1 Å². The molecule has 28 heavy (non-hydrogen) atoms. The lowest BCUT2D eigenvalue weighted by Gasteiger charge is -2.21. The van der Waals surface area contributed by atoms with E-state index in [1.807, 2.05) is 31.2 Å². The molecule has 1 fully saturated rings. The molecular weight excluding hydrogens is 376 g/mol.